The van der Waals surface area contributed by atoms with Crippen LogP contribution in [-0.4, -0.2) is 20.8 Å². The average molecular weight is 294 g/mol. The Morgan fingerprint density at radius 1 is 1.45 bits per heavy atom. The van der Waals surface area contributed by atoms with Crippen molar-refractivity contribution in [2.75, 3.05) is 5.32 Å². The van der Waals surface area contributed by atoms with Gasteiger partial charge in [-0.3, -0.25) is 9.48 Å². The van der Waals surface area contributed by atoms with E-state index in [9.17, 15) is 4.79 Å². The molecule has 2 N–H and O–H groups in total. The number of anilines is 1. The van der Waals surface area contributed by atoms with Crippen molar-refractivity contribution in [1.82, 2.24) is 9.78 Å². The third-order valence-electron chi connectivity index (χ3n) is 2.98. The number of rotatable bonds is 4. The van der Waals surface area contributed by atoms with Crippen LogP contribution in [0.4, 0.5) is 5.69 Å². The first-order chi connectivity index (χ1) is 9.51. The highest BCUT2D eigenvalue weighted by atomic mass is 35.5. The molecule has 1 aromatic heterocycles. The summed E-state index contributed by atoms with van der Waals surface area (Å²) in [7, 11) is 0. The van der Waals surface area contributed by atoms with Gasteiger partial charge >= 0.3 is 0 Å². The molecule has 1 amide bonds. The Bertz CT molecular complexity index is 637. The van der Waals surface area contributed by atoms with Gasteiger partial charge in [0.1, 0.15) is 6.54 Å². The Morgan fingerprint density at radius 3 is 2.80 bits per heavy atom. The molecule has 0 unspecified atom stereocenters. The molecule has 5 nitrogen and oxygen atoms in total. The van der Waals surface area contributed by atoms with Gasteiger partial charge in [-0.1, -0.05) is 23.7 Å². The van der Waals surface area contributed by atoms with Crippen molar-refractivity contribution < 1.29 is 9.90 Å². The smallest absolute Gasteiger partial charge is 0.246 e. The summed E-state index contributed by atoms with van der Waals surface area (Å²) >= 11 is 6.04. The molecule has 6 heteroatoms. The molecule has 2 aromatic rings. The molecule has 0 atom stereocenters. The van der Waals surface area contributed by atoms with E-state index in [0.29, 0.717) is 16.4 Å². The molecule has 0 bridgehead atoms. The van der Waals surface area contributed by atoms with E-state index in [-0.39, 0.29) is 19.1 Å². The first kappa shape index (κ1) is 14.6. The lowest BCUT2D eigenvalue weighted by Gasteiger charge is -2.07. The molecule has 1 aromatic carbocycles. The quantitative estimate of drug-likeness (QED) is 0.909. The highest BCUT2D eigenvalue weighted by Gasteiger charge is 2.12. The number of aliphatic hydroxyl groups excluding tert-OH is 1. The number of hydrogen-bond donors (Lipinski definition) is 2. The summed E-state index contributed by atoms with van der Waals surface area (Å²) in [4.78, 5) is 12.0. The Hall–Kier alpha value is -1.85. The fraction of sp³-hybridized carbons (Fsp3) is 0.286. The van der Waals surface area contributed by atoms with Crippen molar-refractivity contribution >= 4 is 23.2 Å². The SMILES string of the molecule is Cc1nn(CC(=O)Nc2cccc(CO)c2)c(C)c1Cl. The van der Waals surface area contributed by atoms with Crippen LogP contribution in [0.3, 0.4) is 0 Å². The van der Waals surface area contributed by atoms with E-state index < -0.39 is 0 Å². The Labute approximate surface area is 122 Å². The Kier molecular flexibility index (Phi) is 4.42. The maximum absolute atomic E-state index is 12.0. The minimum Gasteiger partial charge on any atom is -0.392 e. The summed E-state index contributed by atoms with van der Waals surface area (Å²) < 4.78 is 1.57. The monoisotopic (exact) mass is 293 g/mol. The number of aliphatic hydroxyl groups is 1. The minimum absolute atomic E-state index is 0.0588. The molecular weight excluding hydrogens is 278 g/mol. The van der Waals surface area contributed by atoms with Gasteiger partial charge in [-0.05, 0) is 31.5 Å². The standard InChI is InChI=1S/C14H16ClN3O2/c1-9-14(15)10(2)18(17-9)7-13(20)16-12-5-3-4-11(6-12)8-19/h3-6,19H,7-8H2,1-2H3,(H,16,20). The minimum atomic E-state index is -0.192. The third kappa shape index (κ3) is 3.18. The zero-order chi connectivity index (χ0) is 14.7. The normalized spacial score (nSPS) is 10.6. The van der Waals surface area contributed by atoms with Crippen molar-refractivity contribution in [3.05, 3.63) is 46.2 Å². The zero-order valence-electron chi connectivity index (χ0n) is 11.4. The summed E-state index contributed by atoms with van der Waals surface area (Å²) in [6, 6.07) is 7.06. The number of aryl methyl sites for hydroxylation is 1. The van der Waals surface area contributed by atoms with Gasteiger partial charge in [0.25, 0.3) is 0 Å². The van der Waals surface area contributed by atoms with Gasteiger partial charge in [-0.2, -0.15) is 5.10 Å². The second kappa shape index (κ2) is 6.07. The molecular formula is C14H16ClN3O2. The molecule has 0 aliphatic heterocycles. The van der Waals surface area contributed by atoms with Crippen LogP contribution < -0.4 is 5.32 Å². The molecule has 0 aliphatic rings. The van der Waals surface area contributed by atoms with Crippen LogP contribution in [0.1, 0.15) is 17.0 Å². The number of amides is 1. The van der Waals surface area contributed by atoms with Gasteiger partial charge in [0.2, 0.25) is 5.91 Å². The molecule has 0 saturated heterocycles. The van der Waals surface area contributed by atoms with Crippen LogP contribution in [-0.2, 0) is 17.9 Å². The summed E-state index contributed by atoms with van der Waals surface area (Å²) in [5.41, 5.74) is 2.87. The van der Waals surface area contributed by atoms with Gasteiger partial charge in [0.15, 0.2) is 0 Å². The molecule has 0 radical (unpaired) electrons. The number of carbonyl (C=O) groups is 1. The summed E-state index contributed by atoms with van der Waals surface area (Å²) in [6.45, 7) is 3.66. The first-order valence-electron chi connectivity index (χ1n) is 6.20. The van der Waals surface area contributed by atoms with Gasteiger partial charge < -0.3 is 10.4 Å². The lowest BCUT2D eigenvalue weighted by Crippen LogP contribution is -2.20. The van der Waals surface area contributed by atoms with E-state index in [4.69, 9.17) is 16.7 Å². The van der Waals surface area contributed by atoms with E-state index in [2.05, 4.69) is 10.4 Å². The molecule has 0 saturated carbocycles. The summed E-state index contributed by atoms with van der Waals surface area (Å²) in [5.74, 6) is -0.192. The second-order valence-corrected chi connectivity index (χ2v) is 4.93. The van der Waals surface area contributed by atoms with Crippen molar-refractivity contribution in [3.63, 3.8) is 0 Å². The van der Waals surface area contributed by atoms with Crippen molar-refractivity contribution in [2.45, 2.75) is 27.0 Å². The number of halogens is 1. The molecule has 1 heterocycles. The maximum atomic E-state index is 12.0. The lowest BCUT2D eigenvalue weighted by atomic mass is 10.2. The van der Waals surface area contributed by atoms with Crippen molar-refractivity contribution in [2.24, 2.45) is 0 Å². The van der Waals surface area contributed by atoms with E-state index in [1.165, 1.54) is 0 Å². The molecule has 20 heavy (non-hydrogen) atoms. The predicted octanol–water partition coefficient (Wildman–Crippen LogP) is 2.28. The number of carbonyl (C=O) groups excluding carboxylic acids is 1. The fourth-order valence-corrected chi connectivity index (χ4v) is 2.05. The molecule has 106 valence electrons. The van der Waals surface area contributed by atoms with Crippen LogP contribution in [0.15, 0.2) is 24.3 Å². The van der Waals surface area contributed by atoms with Gasteiger partial charge in [-0.15, -0.1) is 0 Å². The van der Waals surface area contributed by atoms with Crippen molar-refractivity contribution in [1.29, 1.82) is 0 Å². The van der Waals surface area contributed by atoms with E-state index in [1.807, 2.05) is 6.92 Å². The highest BCUT2D eigenvalue weighted by Crippen LogP contribution is 2.19. The highest BCUT2D eigenvalue weighted by molar-refractivity contribution is 6.31. The van der Waals surface area contributed by atoms with Crippen LogP contribution in [0.25, 0.3) is 0 Å². The number of nitrogens with zero attached hydrogens (tertiary/aromatic N) is 2. The number of nitrogens with one attached hydrogen (secondary N) is 1. The molecule has 2 rings (SSSR count). The Balaban J connectivity index is 2.07. The van der Waals surface area contributed by atoms with E-state index >= 15 is 0 Å². The molecule has 0 spiro atoms. The van der Waals surface area contributed by atoms with Crippen LogP contribution >= 0.6 is 11.6 Å². The average Bonchev–Trinajstić information content (AvgIpc) is 2.66. The third-order valence-corrected chi connectivity index (χ3v) is 3.53. The maximum Gasteiger partial charge on any atom is 0.246 e. The zero-order valence-corrected chi connectivity index (χ0v) is 12.1. The second-order valence-electron chi connectivity index (χ2n) is 4.55. The van der Waals surface area contributed by atoms with Crippen LogP contribution in [0.2, 0.25) is 5.02 Å². The van der Waals surface area contributed by atoms with Gasteiger partial charge in [0, 0.05) is 5.69 Å². The first-order valence-corrected chi connectivity index (χ1v) is 6.58. The fourth-order valence-electron chi connectivity index (χ4n) is 1.91. The largest absolute Gasteiger partial charge is 0.392 e. The summed E-state index contributed by atoms with van der Waals surface area (Å²) in [5, 5.41) is 16.6. The number of aromatic nitrogens is 2. The number of hydrogen-bond acceptors (Lipinski definition) is 3. The summed E-state index contributed by atoms with van der Waals surface area (Å²) in [6.07, 6.45) is 0. The van der Waals surface area contributed by atoms with Gasteiger partial charge in [-0.25, -0.2) is 0 Å². The topological polar surface area (TPSA) is 67.2 Å². The lowest BCUT2D eigenvalue weighted by molar-refractivity contribution is -0.116. The van der Waals surface area contributed by atoms with E-state index in [1.54, 1.807) is 35.9 Å². The number of benzene rings is 1. The molecule has 0 aliphatic carbocycles. The van der Waals surface area contributed by atoms with Crippen LogP contribution in [0, 0.1) is 13.8 Å². The Morgan fingerprint density at radius 2 is 2.20 bits per heavy atom. The van der Waals surface area contributed by atoms with E-state index in [0.717, 1.165) is 11.3 Å². The van der Waals surface area contributed by atoms with Gasteiger partial charge in [0.05, 0.1) is 23.0 Å². The van der Waals surface area contributed by atoms with Crippen molar-refractivity contribution in [3.8, 4) is 0 Å². The molecule has 0 fully saturated rings. The predicted molar refractivity (Wildman–Crippen MR) is 77.7 cm³/mol. The van der Waals surface area contributed by atoms with Crippen LogP contribution in [0.5, 0.6) is 0 Å².